The van der Waals surface area contributed by atoms with Crippen LogP contribution in [-0.2, 0) is 6.54 Å². The molecule has 6 heteroatoms. The summed E-state index contributed by atoms with van der Waals surface area (Å²) in [5, 5.41) is 6.24. The molecular weight excluding hydrogens is 368 g/mol. The molecule has 29 heavy (non-hydrogen) atoms. The summed E-state index contributed by atoms with van der Waals surface area (Å²) in [7, 11) is 4.76. The normalized spacial score (nSPS) is 10.2. The second-order valence-electron chi connectivity index (χ2n) is 6.27. The maximum Gasteiger partial charge on any atom is 0.255 e. The van der Waals surface area contributed by atoms with Crippen molar-refractivity contribution >= 4 is 17.3 Å². The Kier molecular flexibility index (Phi) is 6.58. The van der Waals surface area contributed by atoms with Crippen LogP contribution in [0.2, 0.25) is 0 Å². The minimum absolute atomic E-state index is 0.222. The topological polar surface area (TPSA) is 68.8 Å². The van der Waals surface area contributed by atoms with Gasteiger partial charge in [0.25, 0.3) is 5.91 Å². The number of carbonyl (C=O) groups excluding carboxylic acids is 1. The highest BCUT2D eigenvalue weighted by atomic mass is 16.5. The van der Waals surface area contributed by atoms with Crippen molar-refractivity contribution in [3.8, 4) is 17.2 Å². The van der Waals surface area contributed by atoms with Crippen molar-refractivity contribution < 1.29 is 19.0 Å². The predicted octanol–water partition coefficient (Wildman–Crippen LogP) is 4.58. The third-order valence-corrected chi connectivity index (χ3v) is 4.46. The van der Waals surface area contributed by atoms with E-state index in [-0.39, 0.29) is 5.91 Å². The van der Waals surface area contributed by atoms with Crippen LogP contribution in [0.5, 0.6) is 17.2 Å². The Bertz CT molecular complexity index is 971. The molecule has 0 spiro atoms. The lowest BCUT2D eigenvalue weighted by molar-refractivity contribution is 0.102. The average Bonchev–Trinajstić information content (AvgIpc) is 2.78. The minimum Gasteiger partial charge on any atom is -0.496 e. The quantitative estimate of drug-likeness (QED) is 0.587. The smallest absolute Gasteiger partial charge is 0.255 e. The number of ether oxygens (including phenoxy) is 3. The lowest BCUT2D eigenvalue weighted by atomic mass is 10.1. The molecule has 0 aliphatic heterocycles. The van der Waals surface area contributed by atoms with Gasteiger partial charge in [0, 0.05) is 29.0 Å². The molecule has 0 aliphatic carbocycles. The van der Waals surface area contributed by atoms with Gasteiger partial charge in [0.15, 0.2) is 11.5 Å². The molecule has 0 heterocycles. The van der Waals surface area contributed by atoms with Crippen molar-refractivity contribution in [2.45, 2.75) is 6.54 Å². The highest BCUT2D eigenvalue weighted by Crippen LogP contribution is 2.28. The summed E-state index contributed by atoms with van der Waals surface area (Å²) < 4.78 is 15.8. The second kappa shape index (κ2) is 9.50. The Morgan fingerprint density at radius 3 is 2.10 bits per heavy atom. The van der Waals surface area contributed by atoms with Gasteiger partial charge in [-0.1, -0.05) is 18.2 Å². The van der Waals surface area contributed by atoms with Crippen LogP contribution >= 0.6 is 0 Å². The van der Waals surface area contributed by atoms with Gasteiger partial charge in [0.1, 0.15) is 5.75 Å². The lowest BCUT2D eigenvalue weighted by Crippen LogP contribution is -2.12. The number of anilines is 2. The van der Waals surface area contributed by atoms with Gasteiger partial charge in [0.05, 0.1) is 21.3 Å². The predicted molar refractivity (Wildman–Crippen MR) is 114 cm³/mol. The van der Waals surface area contributed by atoms with Crippen molar-refractivity contribution in [3.05, 3.63) is 77.9 Å². The van der Waals surface area contributed by atoms with Gasteiger partial charge in [-0.15, -0.1) is 0 Å². The van der Waals surface area contributed by atoms with Crippen LogP contribution in [0.1, 0.15) is 15.9 Å². The van der Waals surface area contributed by atoms with Gasteiger partial charge in [0.2, 0.25) is 0 Å². The van der Waals surface area contributed by atoms with Crippen LogP contribution in [0.4, 0.5) is 11.4 Å². The van der Waals surface area contributed by atoms with Crippen molar-refractivity contribution in [2.75, 3.05) is 32.0 Å². The molecule has 3 rings (SSSR count). The maximum atomic E-state index is 12.5. The highest BCUT2D eigenvalue weighted by molar-refractivity contribution is 6.04. The number of hydrogen-bond acceptors (Lipinski definition) is 5. The lowest BCUT2D eigenvalue weighted by Gasteiger charge is -2.12. The van der Waals surface area contributed by atoms with Gasteiger partial charge in [-0.2, -0.15) is 0 Å². The van der Waals surface area contributed by atoms with Crippen LogP contribution in [0.3, 0.4) is 0 Å². The van der Waals surface area contributed by atoms with Crippen molar-refractivity contribution in [1.82, 2.24) is 0 Å². The fourth-order valence-electron chi connectivity index (χ4n) is 2.90. The van der Waals surface area contributed by atoms with Crippen molar-refractivity contribution in [1.29, 1.82) is 0 Å². The van der Waals surface area contributed by atoms with Crippen LogP contribution in [0, 0.1) is 0 Å². The molecule has 0 radical (unpaired) electrons. The maximum absolute atomic E-state index is 12.5. The molecule has 3 aromatic carbocycles. The Balaban J connectivity index is 1.62. The summed E-state index contributed by atoms with van der Waals surface area (Å²) in [6.07, 6.45) is 0. The van der Waals surface area contributed by atoms with E-state index in [0.29, 0.717) is 29.3 Å². The SMILES string of the molecule is COc1ccccc1CNc1ccc(NC(=O)c2ccc(OC)c(OC)c2)cc1. The van der Waals surface area contributed by atoms with E-state index in [1.807, 2.05) is 48.5 Å². The average molecular weight is 392 g/mol. The molecule has 150 valence electrons. The molecule has 3 aromatic rings. The number of hydrogen-bond donors (Lipinski definition) is 2. The molecule has 1 amide bonds. The standard InChI is InChI=1S/C23H24N2O4/c1-27-20-7-5-4-6-17(20)15-24-18-9-11-19(12-10-18)25-23(26)16-8-13-21(28-2)22(14-16)29-3/h4-14,24H,15H2,1-3H3,(H,25,26). The first-order chi connectivity index (χ1) is 14.1. The molecule has 0 unspecified atom stereocenters. The summed E-state index contributed by atoms with van der Waals surface area (Å²) in [4.78, 5) is 12.5. The van der Waals surface area contributed by atoms with Gasteiger partial charge in [-0.05, 0) is 48.5 Å². The zero-order valence-electron chi connectivity index (χ0n) is 16.7. The second-order valence-corrected chi connectivity index (χ2v) is 6.27. The molecule has 0 bridgehead atoms. The number of benzene rings is 3. The molecule has 0 aliphatic rings. The number of carbonyl (C=O) groups is 1. The Morgan fingerprint density at radius 1 is 0.759 bits per heavy atom. The third-order valence-electron chi connectivity index (χ3n) is 4.46. The Hall–Kier alpha value is -3.67. The third kappa shape index (κ3) is 4.99. The Morgan fingerprint density at radius 2 is 1.41 bits per heavy atom. The number of amides is 1. The molecular formula is C23H24N2O4. The highest BCUT2D eigenvalue weighted by Gasteiger charge is 2.11. The molecule has 6 nitrogen and oxygen atoms in total. The first-order valence-corrected chi connectivity index (χ1v) is 9.14. The number of nitrogens with one attached hydrogen (secondary N) is 2. The van der Waals surface area contributed by atoms with E-state index in [9.17, 15) is 4.79 Å². The van der Waals surface area contributed by atoms with Gasteiger partial charge in [-0.25, -0.2) is 0 Å². The van der Waals surface area contributed by atoms with E-state index in [1.54, 1.807) is 32.4 Å². The van der Waals surface area contributed by atoms with Gasteiger partial charge < -0.3 is 24.8 Å². The van der Waals surface area contributed by atoms with E-state index < -0.39 is 0 Å². The van der Waals surface area contributed by atoms with Crippen LogP contribution in [0.15, 0.2) is 66.7 Å². The Labute approximate surface area is 170 Å². The zero-order chi connectivity index (χ0) is 20.6. The van der Waals surface area contributed by atoms with Crippen molar-refractivity contribution in [2.24, 2.45) is 0 Å². The number of rotatable bonds is 8. The van der Waals surface area contributed by atoms with E-state index in [0.717, 1.165) is 17.0 Å². The van der Waals surface area contributed by atoms with E-state index in [1.165, 1.54) is 7.11 Å². The van der Waals surface area contributed by atoms with E-state index in [2.05, 4.69) is 10.6 Å². The van der Waals surface area contributed by atoms with Crippen LogP contribution in [-0.4, -0.2) is 27.2 Å². The molecule has 0 fully saturated rings. The number of para-hydroxylation sites is 1. The fourth-order valence-corrected chi connectivity index (χ4v) is 2.90. The van der Waals surface area contributed by atoms with Crippen molar-refractivity contribution in [3.63, 3.8) is 0 Å². The van der Waals surface area contributed by atoms with Gasteiger partial charge >= 0.3 is 0 Å². The minimum atomic E-state index is -0.222. The van der Waals surface area contributed by atoms with E-state index in [4.69, 9.17) is 14.2 Å². The summed E-state index contributed by atoms with van der Waals surface area (Å²) in [6, 6.07) is 20.5. The molecule has 0 atom stereocenters. The first-order valence-electron chi connectivity index (χ1n) is 9.14. The van der Waals surface area contributed by atoms with Gasteiger partial charge in [-0.3, -0.25) is 4.79 Å². The van der Waals surface area contributed by atoms with E-state index >= 15 is 0 Å². The van der Waals surface area contributed by atoms with Crippen LogP contribution < -0.4 is 24.8 Å². The summed E-state index contributed by atoms with van der Waals surface area (Å²) >= 11 is 0. The zero-order valence-corrected chi connectivity index (χ0v) is 16.7. The first kappa shape index (κ1) is 20.1. The largest absolute Gasteiger partial charge is 0.496 e. The van der Waals surface area contributed by atoms with Crippen LogP contribution in [0.25, 0.3) is 0 Å². The molecule has 0 saturated heterocycles. The monoisotopic (exact) mass is 392 g/mol. The molecule has 0 saturated carbocycles. The summed E-state index contributed by atoms with van der Waals surface area (Å²) in [6.45, 7) is 0.640. The molecule has 0 aromatic heterocycles. The fraction of sp³-hybridized carbons (Fsp3) is 0.174. The summed E-state index contributed by atoms with van der Waals surface area (Å²) in [5.74, 6) is 1.71. The number of methoxy groups -OCH3 is 3. The summed E-state index contributed by atoms with van der Waals surface area (Å²) in [5.41, 5.74) is 3.20. The molecule has 2 N–H and O–H groups in total.